The van der Waals surface area contributed by atoms with E-state index in [1.807, 2.05) is 0 Å². The van der Waals surface area contributed by atoms with Crippen LogP contribution in [0.5, 0.6) is 0 Å². The number of rotatable bonds is 10. The van der Waals surface area contributed by atoms with Crippen molar-refractivity contribution in [3.05, 3.63) is 69.7 Å². The number of carboxylic acids is 1. The normalized spacial score (nSPS) is 24.1. The first-order chi connectivity index (χ1) is 17.9. The van der Waals surface area contributed by atoms with Gasteiger partial charge in [-0.05, 0) is 23.8 Å². The minimum atomic E-state index is -2.51. The summed E-state index contributed by atoms with van der Waals surface area (Å²) < 4.78 is 11.2. The number of aliphatic carboxylic acids is 1. The van der Waals surface area contributed by atoms with Gasteiger partial charge >= 0.3 is 29.6 Å². The van der Waals surface area contributed by atoms with E-state index in [9.17, 15) is 34.8 Å². The summed E-state index contributed by atoms with van der Waals surface area (Å²) in [5.74, 6) is -5.59. The molecule has 0 saturated carbocycles. The summed E-state index contributed by atoms with van der Waals surface area (Å²) in [7, 11) is 0. The molecule has 5 N–H and O–H groups in total. The number of nitrogens with one attached hydrogen (secondary N) is 2. The molecule has 39 heavy (non-hydrogen) atoms. The molecule has 206 valence electrons. The average Bonchev–Trinajstić information content (AvgIpc) is 2.88. The van der Waals surface area contributed by atoms with E-state index in [4.69, 9.17) is 32.7 Å². The van der Waals surface area contributed by atoms with E-state index in [1.165, 1.54) is 18.2 Å². The first kappa shape index (κ1) is 33.4. The van der Waals surface area contributed by atoms with Crippen LogP contribution >= 0.6 is 23.2 Å². The Morgan fingerprint density at radius 1 is 1.15 bits per heavy atom. The first-order valence-electron chi connectivity index (χ1n) is 11.5. The van der Waals surface area contributed by atoms with Crippen LogP contribution in [-0.4, -0.2) is 75.9 Å². The molecule has 0 aromatic heterocycles. The summed E-state index contributed by atoms with van der Waals surface area (Å²) in [5.41, 5.74) is 0.726. The summed E-state index contributed by atoms with van der Waals surface area (Å²) in [5, 5.41) is 49.6. The van der Waals surface area contributed by atoms with Crippen LogP contribution in [-0.2, 0) is 25.7 Å². The Labute approximate surface area is 256 Å². The largest absolute Gasteiger partial charge is 1.00 e. The quantitative estimate of drug-likeness (QED) is 0.177. The second kappa shape index (κ2) is 14.7. The fourth-order valence-corrected chi connectivity index (χ4v) is 4.29. The molecule has 3 rings (SSSR count). The van der Waals surface area contributed by atoms with Crippen LogP contribution in [0.25, 0.3) is 0 Å². The molecule has 2 aromatic carbocycles. The van der Waals surface area contributed by atoms with Gasteiger partial charge < -0.3 is 45.3 Å². The zero-order valence-corrected chi connectivity index (χ0v) is 24.7. The Hall–Kier alpha value is -1.77. The molecule has 1 aliphatic heterocycles. The van der Waals surface area contributed by atoms with E-state index in [0.717, 1.165) is 6.92 Å². The van der Waals surface area contributed by atoms with E-state index < -0.39 is 67.0 Å². The van der Waals surface area contributed by atoms with Crippen molar-refractivity contribution in [3.8, 4) is 0 Å². The number of amides is 2. The third kappa shape index (κ3) is 8.61. The summed E-state index contributed by atoms with van der Waals surface area (Å²) in [6.45, 7) is 0.403. The molecule has 0 radical (unpaired) electrons. The van der Waals surface area contributed by atoms with Gasteiger partial charge in [-0.15, -0.1) is 0 Å². The van der Waals surface area contributed by atoms with Gasteiger partial charge in [-0.25, -0.2) is 0 Å². The van der Waals surface area contributed by atoms with Gasteiger partial charge in [-0.1, -0.05) is 53.5 Å². The maximum absolute atomic E-state index is 12.4. The average molecular weight is 593 g/mol. The molecule has 14 heteroatoms. The number of carbonyl (C=O) groups excluding carboxylic acids is 3. The number of aliphatic hydroxyl groups is 3. The Balaban J connectivity index is 0.00000533. The molecule has 2 amide bonds. The minimum Gasteiger partial charge on any atom is -0.544 e. The van der Waals surface area contributed by atoms with Gasteiger partial charge in [0.1, 0.15) is 18.2 Å². The summed E-state index contributed by atoms with van der Waals surface area (Å²) >= 11 is 11.8. The van der Waals surface area contributed by atoms with E-state index >= 15 is 0 Å². The predicted octanol–water partition coefficient (Wildman–Crippen LogP) is -3.23. The van der Waals surface area contributed by atoms with E-state index in [2.05, 4.69) is 10.6 Å². The molecular weight excluding hydrogens is 566 g/mol. The van der Waals surface area contributed by atoms with Gasteiger partial charge in [0.05, 0.1) is 34.9 Å². The van der Waals surface area contributed by atoms with Crippen LogP contribution in [0.2, 0.25) is 10.0 Å². The van der Waals surface area contributed by atoms with Crippen molar-refractivity contribution < 1.29 is 73.8 Å². The molecular formula is C25H27Cl2N2NaO9. The van der Waals surface area contributed by atoms with Gasteiger partial charge in [0.2, 0.25) is 11.7 Å². The van der Waals surface area contributed by atoms with Crippen molar-refractivity contribution in [2.45, 2.75) is 56.2 Å². The SMILES string of the molecule is CC(=O)N[C@H]1[C@H]([C@@H](O)[C@H](O)CNC(=O)c2ccc(Cl)c(Cl)c2)O[C@@](OCc2ccccc2)(C(=O)[O-])C[C@@H]1O.[Na+]. The van der Waals surface area contributed by atoms with Crippen LogP contribution < -0.4 is 45.3 Å². The molecule has 6 atom stereocenters. The topological polar surface area (TPSA) is 177 Å². The number of carbonyl (C=O) groups is 3. The van der Waals surface area contributed by atoms with Crippen LogP contribution in [0.4, 0.5) is 0 Å². The van der Waals surface area contributed by atoms with Crippen molar-refractivity contribution >= 4 is 41.0 Å². The van der Waals surface area contributed by atoms with Gasteiger partial charge in [-0.3, -0.25) is 9.59 Å². The van der Waals surface area contributed by atoms with Crippen LogP contribution in [0, 0.1) is 0 Å². The molecule has 1 heterocycles. The Bertz CT molecular complexity index is 1160. The predicted molar refractivity (Wildman–Crippen MR) is 133 cm³/mol. The molecule has 2 aromatic rings. The number of ether oxygens (including phenoxy) is 2. The van der Waals surface area contributed by atoms with Gasteiger partial charge in [-0.2, -0.15) is 0 Å². The zero-order chi connectivity index (χ0) is 28.0. The maximum atomic E-state index is 12.4. The molecule has 1 fully saturated rings. The molecule has 1 aliphatic rings. The zero-order valence-electron chi connectivity index (χ0n) is 21.2. The van der Waals surface area contributed by atoms with Crippen molar-refractivity contribution in [2.75, 3.05) is 6.54 Å². The molecule has 1 saturated heterocycles. The number of hydrogen-bond donors (Lipinski definition) is 5. The molecule has 0 spiro atoms. The van der Waals surface area contributed by atoms with Crippen molar-refractivity contribution in [1.29, 1.82) is 0 Å². The Morgan fingerprint density at radius 2 is 1.82 bits per heavy atom. The van der Waals surface area contributed by atoms with Crippen molar-refractivity contribution in [3.63, 3.8) is 0 Å². The van der Waals surface area contributed by atoms with E-state index in [-0.39, 0.29) is 51.8 Å². The van der Waals surface area contributed by atoms with E-state index in [1.54, 1.807) is 30.3 Å². The fraction of sp³-hybridized carbons (Fsp3) is 0.400. The second-order valence-corrected chi connectivity index (χ2v) is 9.61. The molecule has 0 bridgehead atoms. The Morgan fingerprint density at radius 3 is 2.41 bits per heavy atom. The van der Waals surface area contributed by atoms with Crippen molar-refractivity contribution in [2.24, 2.45) is 0 Å². The Kier molecular flexibility index (Phi) is 12.6. The smallest absolute Gasteiger partial charge is 0.544 e. The maximum Gasteiger partial charge on any atom is 1.00 e. The summed E-state index contributed by atoms with van der Waals surface area (Å²) in [6, 6.07) is 11.3. The van der Waals surface area contributed by atoms with Crippen LogP contribution in [0.1, 0.15) is 29.3 Å². The van der Waals surface area contributed by atoms with Crippen LogP contribution in [0.3, 0.4) is 0 Å². The summed E-state index contributed by atoms with van der Waals surface area (Å²) in [6.07, 6.45) is -7.50. The fourth-order valence-electron chi connectivity index (χ4n) is 3.99. The number of hydrogen-bond acceptors (Lipinski definition) is 9. The molecule has 11 nitrogen and oxygen atoms in total. The number of carboxylic acid groups (broad SMARTS) is 1. The van der Waals surface area contributed by atoms with Gasteiger partial charge in [0, 0.05) is 25.5 Å². The van der Waals surface area contributed by atoms with Gasteiger partial charge in [0.25, 0.3) is 5.91 Å². The van der Waals surface area contributed by atoms with E-state index in [0.29, 0.717) is 5.56 Å². The van der Waals surface area contributed by atoms with Crippen molar-refractivity contribution in [1.82, 2.24) is 10.6 Å². The summed E-state index contributed by atoms with van der Waals surface area (Å²) in [4.78, 5) is 36.4. The van der Waals surface area contributed by atoms with Gasteiger partial charge in [0.15, 0.2) is 0 Å². The number of halogens is 2. The standard InChI is InChI=1S/C25H28Cl2N2O9.Na/c1-13(30)29-20-18(31)10-25(24(35)36,37-12-14-5-3-2-4-6-14)38-22(20)21(33)19(32)11-28-23(34)15-7-8-16(26)17(27)9-15;/h2-9,18-22,31-33H,10-12H2,1H3,(H,28,34)(H,29,30)(H,35,36);/q;+1/p-1/t18-,19+,20+,21-,22+,25+;/m0./s1. The monoisotopic (exact) mass is 592 g/mol. The third-order valence-corrected chi connectivity index (χ3v) is 6.69. The molecule has 0 aliphatic carbocycles. The second-order valence-electron chi connectivity index (χ2n) is 8.79. The molecule has 0 unspecified atom stereocenters. The van der Waals surface area contributed by atoms with Crippen LogP contribution in [0.15, 0.2) is 48.5 Å². The first-order valence-corrected chi connectivity index (χ1v) is 12.3. The minimum absolute atomic E-state index is 0. The number of benzene rings is 2. The third-order valence-electron chi connectivity index (χ3n) is 5.95. The number of aliphatic hydroxyl groups excluding tert-OH is 3.